The number of hydrogen-bond donors (Lipinski definition) is 2. The second-order valence-corrected chi connectivity index (χ2v) is 5.01. The van der Waals surface area contributed by atoms with Crippen LogP contribution < -0.4 is 11.1 Å². The van der Waals surface area contributed by atoms with E-state index in [9.17, 15) is 9.59 Å². The Morgan fingerprint density at radius 2 is 2.22 bits per heavy atom. The highest BCUT2D eigenvalue weighted by Crippen LogP contribution is 2.19. The van der Waals surface area contributed by atoms with Gasteiger partial charge in [-0.05, 0) is 25.3 Å². The van der Waals surface area contributed by atoms with E-state index in [1.165, 1.54) is 0 Å². The maximum atomic E-state index is 12.1. The Hall–Kier alpha value is -1.10. The summed E-state index contributed by atoms with van der Waals surface area (Å²) in [4.78, 5) is 25.5. The fourth-order valence-electron chi connectivity index (χ4n) is 2.39. The lowest BCUT2D eigenvalue weighted by molar-refractivity contribution is -0.136. The maximum absolute atomic E-state index is 12.1. The van der Waals surface area contributed by atoms with Gasteiger partial charge in [-0.3, -0.25) is 9.59 Å². The van der Waals surface area contributed by atoms with Gasteiger partial charge in [0.15, 0.2) is 0 Å². The lowest BCUT2D eigenvalue weighted by Crippen LogP contribution is -2.45. The Morgan fingerprint density at radius 1 is 1.50 bits per heavy atom. The van der Waals surface area contributed by atoms with Crippen molar-refractivity contribution in [2.75, 3.05) is 26.7 Å². The van der Waals surface area contributed by atoms with E-state index in [1.54, 1.807) is 7.05 Å². The molecule has 0 aromatic heterocycles. The molecule has 18 heavy (non-hydrogen) atoms. The van der Waals surface area contributed by atoms with Crippen LogP contribution in [0.25, 0.3) is 0 Å². The molecule has 1 aliphatic rings. The number of nitrogens with zero attached hydrogens (tertiary/aromatic N) is 1. The minimum atomic E-state index is -0.0503. The average molecular weight is 255 g/mol. The molecule has 5 heteroatoms. The van der Waals surface area contributed by atoms with Gasteiger partial charge in [0.2, 0.25) is 11.8 Å². The van der Waals surface area contributed by atoms with Gasteiger partial charge in [-0.25, -0.2) is 0 Å². The average Bonchev–Trinajstić information content (AvgIpc) is 2.43. The van der Waals surface area contributed by atoms with Crippen molar-refractivity contribution in [1.82, 2.24) is 10.2 Å². The van der Waals surface area contributed by atoms with Crippen molar-refractivity contribution < 1.29 is 9.59 Å². The van der Waals surface area contributed by atoms with Crippen LogP contribution in [0.4, 0.5) is 0 Å². The van der Waals surface area contributed by atoms with Gasteiger partial charge in [-0.15, -0.1) is 0 Å². The van der Waals surface area contributed by atoms with Crippen molar-refractivity contribution in [2.45, 2.75) is 32.6 Å². The van der Waals surface area contributed by atoms with Gasteiger partial charge in [0.25, 0.3) is 0 Å². The lowest BCUT2D eigenvalue weighted by atomic mass is 9.95. The first kappa shape index (κ1) is 15.0. The Morgan fingerprint density at radius 3 is 2.78 bits per heavy atom. The summed E-state index contributed by atoms with van der Waals surface area (Å²) in [5.74, 6) is 0.391. The molecule has 1 heterocycles. The molecule has 0 aliphatic carbocycles. The number of carbonyl (C=O) groups excluding carboxylic acids is 2. The Balaban J connectivity index is 2.50. The van der Waals surface area contributed by atoms with Crippen LogP contribution in [0.1, 0.15) is 32.6 Å². The van der Waals surface area contributed by atoms with Crippen LogP contribution in [0.5, 0.6) is 0 Å². The van der Waals surface area contributed by atoms with E-state index in [0.29, 0.717) is 19.5 Å². The van der Waals surface area contributed by atoms with Crippen molar-refractivity contribution in [3.8, 4) is 0 Å². The summed E-state index contributed by atoms with van der Waals surface area (Å²) in [6, 6.07) is 0. The van der Waals surface area contributed by atoms with E-state index in [2.05, 4.69) is 5.32 Å². The molecular formula is C13H25N3O2. The first-order chi connectivity index (χ1) is 8.62. The summed E-state index contributed by atoms with van der Waals surface area (Å²) in [5.41, 5.74) is 5.62. The van der Waals surface area contributed by atoms with Gasteiger partial charge in [-0.1, -0.05) is 13.3 Å². The molecule has 1 rings (SSSR count). The van der Waals surface area contributed by atoms with E-state index in [-0.39, 0.29) is 23.7 Å². The highest BCUT2D eigenvalue weighted by Gasteiger charge is 2.28. The molecule has 3 N–H and O–H groups in total. The van der Waals surface area contributed by atoms with E-state index in [0.717, 1.165) is 25.8 Å². The second kappa shape index (κ2) is 7.36. The normalized spacial score (nSPS) is 21.5. The summed E-state index contributed by atoms with van der Waals surface area (Å²) in [5, 5.41) is 2.66. The zero-order chi connectivity index (χ0) is 13.5. The highest BCUT2D eigenvalue weighted by molar-refractivity contribution is 5.81. The molecule has 1 fully saturated rings. The molecule has 2 atom stereocenters. The van der Waals surface area contributed by atoms with Crippen molar-refractivity contribution in [1.29, 1.82) is 0 Å². The largest absolute Gasteiger partial charge is 0.359 e. The smallest absolute Gasteiger partial charge is 0.224 e. The van der Waals surface area contributed by atoms with E-state index >= 15 is 0 Å². The third kappa shape index (κ3) is 3.98. The van der Waals surface area contributed by atoms with Crippen molar-refractivity contribution in [3.05, 3.63) is 0 Å². The zero-order valence-corrected chi connectivity index (χ0v) is 11.4. The maximum Gasteiger partial charge on any atom is 0.224 e. The number of hydrogen-bond acceptors (Lipinski definition) is 3. The van der Waals surface area contributed by atoms with Crippen LogP contribution in [0, 0.1) is 11.8 Å². The van der Waals surface area contributed by atoms with Crippen LogP contribution in [-0.4, -0.2) is 43.4 Å². The van der Waals surface area contributed by atoms with Crippen molar-refractivity contribution >= 4 is 11.8 Å². The Labute approximate surface area is 109 Å². The summed E-state index contributed by atoms with van der Waals surface area (Å²) >= 11 is 0. The first-order valence-electron chi connectivity index (χ1n) is 6.81. The van der Waals surface area contributed by atoms with Crippen LogP contribution in [0.15, 0.2) is 0 Å². The standard InChI is InChI=1S/C13H25N3O2/c1-3-10(8-14)7-12(17)16-6-4-5-11(9-16)13(18)15-2/h10-11H,3-9,14H2,1-2H3,(H,15,18). The van der Waals surface area contributed by atoms with Gasteiger partial charge < -0.3 is 16.0 Å². The number of nitrogens with one attached hydrogen (secondary N) is 1. The molecule has 1 aliphatic heterocycles. The van der Waals surface area contributed by atoms with Crippen molar-refractivity contribution in [2.24, 2.45) is 17.6 Å². The predicted octanol–water partition coefficient (Wildman–Crippen LogP) is 0.346. The molecule has 0 aromatic carbocycles. The molecule has 0 bridgehead atoms. The lowest BCUT2D eigenvalue weighted by Gasteiger charge is -2.32. The van der Waals surface area contributed by atoms with E-state index in [4.69, 9.17) is 5.73 Å². The molecule has 0 spiro atoms. The van der Waals surface area contributed by atoms with Gasteiger partial charge >= 0.3 is 0 Å². The topological polar surface area (TPSA) is 75.4 Å². The number of nitrogens with two attached hydrogens (primary N) is 1. The molecule has 0 saturated carbocycles. The summed E-state index contributed by atoms with van der Waals surface area (Å²) in [6.07, 6.45) is 3.21. The van der Waals surface area contributed by atoms with Gasteiger partial charge in [0.05, 0.1) is 5.92 Å². The Bertz CT molecular complexity index is 290. The highest BCUT2D eigenvalue weighted by atomic mass is 16.2. The van der Waals surface area contributed by atoms with Crippen molar-refractivity contribution in [3.63, 3.8) is 0 Å². The summed E-state index contributed by atoms with van der Waals surface area (Å²) in [6.45, 7) is 3.93. The van der Waals surface area contributed by atoms with Gasteiger partial charge in [0, 0.05) is 26.6 Å². The van der Waals surface area contributed by atoms with Crippen LogP contribution >= 0.6 is 0 Å². The third-order valence-corrected chi connectivity index (χ3v) is 3.77. The van der Waals surface area contributed by atoms with Gasteiger partial charge in [-0.2, -0.15) is 0 Å². The fourth-order valence-corrected chi connectivity index (χ4v) is 2.39. The van der Waals surface area contributed by atoms with Crippen LogP contribution in [0.2, 0.25) is 0 Å². The molecular weight excluding hydrogens is 230 g/mol. The minimum Gasteiger partial charge on any atom is -0.359 e. The molecule has 104 valence electrons. The molecule has 0 radical (unpaired) electrons. The van der Waals surface area contributed by atoms with Gasteiger partial charge in [0.1, 0.15) is 0 Å². The fraction of sp³-hybridized carbons (Fsp3) is 0.846. The predicted molar refractivity (Wildman–Crippen MR) is 70.8 cm³/mol. The number of piperidine rings is 1. The summed E-state index contributed by atoms with van der Waals surface area (Å²) in [7, 11) is 1.64. The number of carbonyl (C=O) groups is 2. The van der Waals surface area contributed by atoms with E-state index < -0.39 is 0 Å². The molecule has 5 nitrogen and oxygen atoms in total. The third-order valence-electron chi connectivity index (χ3n) is 3.77. The summed E-state index contributed by atoms with van der Waals surface area (Å²) < 4.78 is 0. The molecule has 1 saturated heterocycles. The first-order valence-corrected chi connectivity index (χ1v) is 6.81. The molecule has 2 amide bonds. The zero-order valence-electron chi connectivity index (χ0n) is 11.4. The molecule has 2 unspecified atom stereocenters. The Kier molecular flexibility index (Phi) is 6.12. The number of likely N-dealkylation sites (tertiary alicyclic amines) is 1. The minimum absolute atomic E-state index is 0.0402. The number of amides is 2. The SMILES string of the molecule is CCC(CN)CC(=O)N1CCCC(C(=O)NC)C1. The van der Waals surface area contributed by atoms with Crippen LogP contribution in [-0.2, 0) is 9.59 Å². The number of rotatable bonds is 5. The molecule has 0 aromatic rings. The van der Waals surface area contributed by atoms with E-state index in [1.807, 2.05) is 11.8 Å². The second-order valence-electron chi connectivity index (χ2n) is 5.01. The monoisotopic (exact) mass is 255 g/mol. The van der Waals surface area contributed by atoms with Crippen LogP contribution in [0.3, 0.4) is 0 Å². The quantitative estimate of drug-likeness (QED) is 0.744.